The molecule has 1 heteroatoms. The van der Waals surface area contributed by atoms with E-state index < -0.39 is 0 Å². The van der Waals surface area contributed by atoms with Gasteiger partial charge in [-0.2, -0.15) is 0 Å². The van der Waals surface area contributed by atoms with E-state index in [1.54, 1.807) is 5.56 Å². The van der Waals surface area contributed by atoms with Crippen molar-refractivity contribution in [1.82, 2.24) is 0 Å². The van der Waals surface area contributed by atoms with Crippen molar-refractivity contribution in [2.45, 2.75) is 33.1 Å². The molecular weight excluding hydrogens is 182 g/mol. The molecule has 80 valence electrons. The molecule has 0 saturated heterocycles. The fourth-order valence-electron chi connectivity index (χ4n) is 2.05. The van der Waals surface area contributed by atoms with Crippen LogP contribution in [0.2, 0.25) is 0 Å². The zero-order chi connectivity index (χ0) is 10.7. The molecule has 1 aliphatic carbocycles. The molecule has 1 aromatic rings. The first-order chi connectivity index (χ1) is 7.25. The van der Waals surface area contributed by atoms with Crippen molar-refractivity contribution < 1.29 is 0 Å². The molecule has 0 amide bonds. The van der Waals surface area contributed by atoms with E-state index in [1.165, 1.54) is 36.1 Å². The molecule has 0 bridgehead atoms. The van der Waals surface area contributed by atoms with Gasteiger partial charge in [0.1, 0.15) is 0 Å². The number of anilines is 1. The molecule has 1 aromatic carbocycles. The van der Waals surface area contributed by atoms with Crippen LogP contribution in [-0.2, 0) is 12.8 Å². The highest BCUT2D eigenvalue weighted by Crippen LogP contribution is 2.24. The SMILES string of the molecule is CC(C)=CCNc1ccc2c(c1)CCC2. The summed E-state index contributed by atoms with van der Waals surface area (Å²) in [6, 6.07) is 6.78. The Morgan fingerprint density at radius 3 is 2.87 bits per heavy atom. The lowest BCUT2D eigenvalue weighted by molar-refractivity contribution is 0.912. The Morgan fingerprint density at radius 1 is 1.27 bits per heavy atom. The monoisotopic (exact) mass is 201 g/mol. The lowest BCUT2D eigenvalue weighted by atomic mass is 10.1. The fourth-order valence-corrected chi connectivity index (χ4v) is 2.05. The summed E-state index contributed by atoms with van der Waals surface area (Å²) in [5.41, 5.74) is 5.71. The van der Waals surface area contributed by atoms with Gasteiger partial charge in [0.25, 0.3) is 0 Å². The van der Waals surface area contributed by atoms with Gasteiger partial charge >= 0.3 is 0 Å². The van der Waals surface area contributed by atoms with Crippen LogP contribution in [0.25, 0.3) is 0 Å². The lowest BCUT2D eigenvalue weighted by Gasteiger charge is -2.06. The van der Waals surface area contributed by atoms with Crippen molar-refractivity contribution in [2.75, 3.05) is 11.9 Å². The molecule has 1 aliphatic rings. The molecule has 0 atom stereocenters. The smallest absolute Gasteiger partial charge is 0.0345 e. The maximum atomic E-state index is 3.43. The normalized spacial score (nSPS) is 13.5. The van der Waals surface area contributed by atoms with Crippen molar-refractivity contribution in [3.05, 3.63) is 41.0 Å². The third kappa shape index (κ3) is 2.62. The first kappa shape index (κ1) is 10.3. The Labute approximate surface area is 92.2 Å². The van der Waals surface area contributed by atoms with Gasteiger partial charge in [0, 0.05) is 12.2 Å². The van der Waals surface area contributed by atoms with Crippen LogP contribution >= 0.6 is 0 Å². The maximum Gasteiger partial charge on any atom is 0.0345 e. The van der Waals surface area contributed by atoms with Crippen LogP contribution in [0.3, 0.4) is 0 Å². The van der Waals surface area contributed by atoms with E-state index in [4.69, 9.17) is 0 Å². The number of benzene rings is 1. The molecule has 0 aliphatic heterocycles. The standard InChI is InChI=1S/C14H19N/c1-11(2)8-9-15-14-7-6-12-4-3-5-13(12)10-14/h6-8,10,15H,3-5,9H2,1-2H3. The maximum absolute atomic E-state index is 3.43. The molecule has 1 nitrogen and oxygen atoms in total. The van der Waals surface area contributed by atoms with Crippen molar-refractivity contribution >= 4 is 5.69 Å². The molecule has 0 spiro atoms. The zero-order valence-corrected chi connectivity index (χ0v) is 9.64. The Balaban J connectivity index is 2.01. The van der Waals surface area contributed by atoms with E-state index in [1.807, 2.05) is 0 Å². The fraction of sp³-hybridized carbons (Fsp3) is 0.429. The minimum absolute atomic E-state index is 0.932. The van der Waals surface area contributed by atoms with Gasteiger partial charge in [0.05, 0.1) is 0 Å². The zero-order valence-electron chi connectivity index (χ0n) is 9.64. The van der Waals surface area contributed by atoms with Gasteiger partial charge in [-0.25, -0.2) is 0 Å². The summed E-state index contributed by atoms with van der Waals surface area (Å²) in [7, 11) is 0. The molecule has 0 aromatic heterocycles. The van der Waals surface area contributed by atoms with Gasteiger partial charge in [-0.3, -0.25) is 0 Å². The first-order valence-electron chi connectivity index (χ1n) is 5.75. The second-order valence-corrected chi connectivity index (χ2v) is 4.50. The number of nitrogens with one attached hydrogen (secondary N) is 1. The van der Waals surface area contributed by atoms with Crippen LogP contribution < -0.4 is 5.32 Å². The van der Waals surface area contributed by atoms with Crippen molar-refractivity contribution in [3.63, 3.8) is 0 Å². The molecule has 0 unspecified atom stereocenters. The van der Waals surface area contributed by atoms with Gasteiger partial charge < -0.3 is 5.32 Å². The second-order valence-electron chi connectivity index (χ2n) is 4.50. The number of aryl methyl sites for hydroxylation is 2. The lowest BCUT2D eigenvalue weighted by Crippen LogP contribution is -1.99. The molecule has 0 fully saturated rings. The van der Waals surface area contributed by atoms with Crippen molar-refractivity contribution in [3.8, 4) is 0 Å². The number of hydrogen-bond acceptors (Lipinski definition) is 1. The van der Waals surface area contributed by atoms with Crippen LogP contribution in [0.4, 0.5) is 5.69 Å². The van der Waals surface area contributed by atoms with Crippen LogP contribution in [0.1, 0.15) is 31.4 Å². The molecule has 0 radical (unpaired) electrons. The first-order valence-corrected chi connectivity index (χ1v) is 5.75. The number of rotatable bonds is 3. The highest BCUT2D eigenvalue weighted by atomic mass is 14.9. The largest absolute Gasteiger partial charge is 0.382 e. The predicted molar refractivity (Wildman–Crippen MR) is 66.4 cm³/mol. The average molecular weight is 201 g/mol. The molecule has 2 rings (SSSR count). The number of hydrogen-bond donors (Lipinski definition) is 1. The van der Waals surface area contributed by atoms with Crippen LogP contribution in [0, 0.1) is 0 Å². The Bertz CT molecular complexity index is 373. The van der Waals surface area contributed by atoms with E-state index in [-0.39, 0.29) is 0 Å². The average Bonchev–Trinajstić information content (AvgIpc) is 2.64. The van der Waals surface area contributed by atoms with Gasteiger partial charge in [0.15, 0.2) is 0 Å². The Morgan fingerprint density at radius 2 is 2.07 bits per heavy atom. The Hall–Kier alpha value is -1.24. The third-order valence-electron chi connectivity index (χ3n) is 2.91. The van der Waals surface area contributed by atoms with E-state index in [0.29, 0.717) is 0 Å². The van der Waals surface area contributed by atoms with Crippen molar-refractivity contribution in [2.24, 2.45) is 0 Å². The van der Waals surface area contributed by atoms with Crippen molar-refractivity contribution in [1.29, 1.82) is 0 Å². The quantitative estimate of drug-likeness (QED) is 0.737. The minimum Gasteiger partial charge on any atom is -0.382 e. The summed E-state index contributed by atoms with van der Waals surface area (Å²) in [4.78, 5) is 0. The van der Waals surface area contributed by atoms with Gasteiger partial charge in [-0.05, 0) is 56.4 Å². The molecule has 15 heavy (non-hydrogen) atoms. The van der Waals surface area contributed by atoms with E-state index in [9.17, 15) is 0 Å². The molecular formula is C14H19N. The van der Waals surface area contributed by atoms with E-state index in [2.05, 4.69) is 43.4 Å². The Kier molecular flexibility index (Phi) is 3.10. The van der Waals surface area contributed by atoms with E-state index >= 15 is 0 Å². The summed E-state index contributed by atoms with van der Waals surface area (Å²) < 4.78 is 0. The van der Waals surface area contributed by atoms with Gasteiger partial charge in [-0.1, -0.05) is 17.7 Å². The summed E-state index contributed by atoms with van der Waals surface area (Å²) in [5, 5.41) is 3.43. The summed E-state index contributed by atoms with van der Waals surface area (Å²) in [6.07, 6.45) is 6.07. The predicted octanol–water partition coefficient (Wildman–Crippen LogP) is 3.55. The van der Waals surface area contributed by atoms with Crippen LogP contribution in [0.5, 0.6) is 0 Å². The summed E-state index contributed by atoms with van der Waals surface area (Å²) >= 11 is 0. The highest BCUT2D eigenvalue weighted by molar-refractivity contribution is 5.50. The molecule has 0 heterocycles. The third-order valence-corrected chi connectivity index (χ3v) is 2.91. The van der Waals surface area contributed by atoms with Crippen LogP contribution in [0.15, 0.2) is 29.8 Å². The topological polar surface area (TPSA) is 12.0 Å². The minimum atomic E-state index is 0.932. The van der Waals surface area contributed by atoms with Gasteiger partial charge in [0.2, 0.25) is 0 Å². The summed E-state index contributed by atoms with van der Waals surface area (Å²) in [5.74, 6) is 0. The highest BCUT2D eigenvalue weighted by Gasteiger charge is 2.09. The number of allylic oxidation sites excluding steroid dienone is 1. The van der Waals surface area contributed by atoms with E-state index in [0.717, 1.165) is 6.54 Å². The van der Waals surface area contributed by atoms with Gasteiger partial charge in [-0.15, -0.1) is 0 Å². The molecule has 0 saturated carbocycles. The molecule has 1 N–H and O–H groups in total. The summed E-state index contributed by atoms with van der Waals surface area (Å²) in [6.45, 7) is 5.19. The number of fused-ring (bicyclic) bond motifs is 1. The van der Waals surface area contributed by atoms with Crippen LogP contribution in [-0.4, -0.2) is 6.54 Å². The second kappa shape index (κ2) is 4.52.